The van der Waals surface area contributed by atoms with Gasteiger partial charge in [0.1, 0.15) is 0 Å². The van der Waals surface area contributed by atoms with Gasteiger partial charge < -0.3 is 14.8 Å². The SMILES string of the molecule is COc1cccc(CC2CCCNC2)c1OC1CC1. The Hall–Kier alpha value is -1.22. The monoisotopic (exact) mass is 261 g/mol. The molecule has 0 spiro atoms. The lowest BCUT2D eigenvalue weighted by molar-refractivity contribution is 0.275. The minimum Gasteiger partial charge on any atom is -0.493 e. The van der Waals surface area contributed by atoms with Gasteiger partial charge in [0, 0.05) is 0 Å². The van der Waals surface area contributed by atoms with E-state index in [-0.39, 0.29) is 0 Å². The molecule has 1 aromatic rings. The first-order chi connectivity index (χ1) is 9.36. The lowest BCUT2D eigenvalue weighted by Crippen LogP contribution is -2.30. The zero-order valence-corrected chi connectivity index (χ0v) is 11.7. The second-order valence-corrected chi connectivity index (χ2v) is 5.68. The summed E-state index contributed by atoms with van der Waals surface area (Å²) >= 11 is 0. The first-order valence-corrected chi connectivity index (χ1v) is 7.40. The number of para-hydroxylation sites is 1. The largest absolute Gasteiger partial charge is 0.493 e. The van der Waals surface area contributed by atoms with Crippen LogP contribution in [-0.4, -0.2) is 26.3 Å². The smallest absolute Gasteiger partial charge is 0.164 e. The van der Waals surface area contributed by atoms with Crippen LogP contribution in [0.3, 0.4) is 0 Å². The van der Waals surface area contributed by atoms with E-state index in [4.69, 9.17) is 9.47 Å². The van der Waals surface area contributed by atoms with Crippen LogP contribution in [0.15, 0.2) is 18.2 Å². The van der Waals surface area contributed by atoms with Gasteiger partial charge in [0.05, 0.1) is 13.2 Å². The number of piperidine rings is 1. The maximum Gasteiger partial charge on any atom is 0.164 e. The second kappa shape index (κ2) is 5.83. The molecule has 1 atom stereocenters. The molecule has 104 valence electrons. The second-order valence-electron chi connectivity index (χ2n) is 5.68. The molecule has 3 rings (SSSR count). The molecule has 1 N–H and O–H groups in total. The first-order valence-electron chi connectivity index (χ1n) is 7.40. The summed E-state index contributed by atoms with van der Waals surface area (Å²) in [5, 5.41) is 3.48. The van der Waals surface area contributed by atoms with E-state index in [1.807, 2.05) is 6.07 Å². The van der Waals surface area contributed by atoms with E-state index in [0.29, 0.717) is 6.10 Å². The van der Waals surface area contributed by atoms with Gasteiger partial charge in [-0.2, -0.15) is 0 Å². The summed E-state index contributed by atoms with van der Waals surface area (Å²) in [6, 6.07) is 6.26. The summed E-state index contributed by atoms with van der Waals surface area (Å²) in [5.41, 5.74) is 1.31. The fourth-order valence-corrected chi connectivity index (χ4v) is 2.78. The van der Waals surface area contributed by atoms with Crippen molar-refractivity contribution in [1.82, 2.24) is 5.32 Å². The lowest BCUT2D eigenvalue weighted by Gasteiger charge is -2.24. The highest BCUT2D eigenvalue weighted by atomic mass is 16.5. The molecular weight excluding hydrogens is 238 g/mol. The molecule has 1 heterocycles. The Kier molecular flexibility index (Phi) is 3.92. The number of benzene rings is 1. The van der Waals surface area contributed by atoms with Crippen LogP contribution in [0.1, 0.15) is 31.2 Å². The van der Waals surface area contributed by atoms with Crippen molar-refractivity contribution < 1.29 is 9.47 Å². The van der Waals surface area contributed by atoms with Crippen LogP contribution in [0.5, 0.6) is 11.5 Å². The van der Waals surface area contributed by atoms with E-state index in [1.54, 1.807) is 7.11 Å². The molecule has 1 aromatic carbocycles. The number of hydrogen-bond acceptors (Lipinski definition) is 3. The quantitative estimate of drug-likeness (QED) is 0.884. The van der Waals surface area contributed by atoms with Crippen LogP contribution in [0.4, 0.5) is 0 Å². The molecule has 1 saturated heterocycles. The van der Waals surface area contributed by atoms with E-state index >= 15 is 0 Å². The summed E-state index contributed by atoms with van der Waals surface area (Å²) in [7, 11) is 1.72. The van der Waals surface area contributed by atoms with Crippen molar-refractivity contribution in [2.45, 2.75) is 38.2 Å². The molecule has 2 fully saturated rings. The molecule has 2 aliphatic rings. The summed E-state index contributed by atoms with van der Waals surface area (Å²) in [6.45, 7) is 2.29. The molecule has 0 amide bonds. The highest BCUT2D eigenvalue weighted by Gasteiger charge is 2.27. The Balaban J connectivity index is 1.77. The third-order valence-corrected chi connectivity index (χ3v) is 4.00. The van der Waals surface area contributed by atoms with Gasteiger partial charge in [-0.3, -0.25) is 0 Å². The Labute approximate surface area is 115 Å². The Morgan fingerprint density at radius 1 is 1.26 bits per heavy atom. The molecule has 1 aliphatic heterocycles. The van der Waals surface area contributed by atoms with E-state index in [9.17, 15) is 0 Å². The van der Waals surface area contributed by atoms with Crippen molar-refractivity contribution in [1.29, 1.82) is 0 Å². The van der Waals surface area contributed by atoms with E-state index < -0.39 is 0 Å². The molecule has 0 aromatic heterocycles. The fourth-order valence-electron chi connectivity index (χ4n) is 2.78. The number of hydrogen-bond donors (Lipinski definition) is 1. The van der Waals surface area contributed by atoms with Crippen molar-refractivity contribution in [3.05, 3.63) is 23.8 Å². The van der Waals surface area contributed by atoms with Gasteiger partial charge in [0.25, 0.3) is 0 Å². The highest BCUT2D eigenvalue weighted by molar-refractivity contribution is 5.47. The van der Waals surface area contributed by atoms with E-state index in [0.717, 1.165) is 30.4 Å². The molecule has 3 nitrogen and oxygen atoms in total. The van der Waals surface area contributed by atoms with Crippen molar-refractivity contribution in [3.8, 4) is 11.5 Å². The van der Waals surface area contributed by atoms with Gasteiger partial charge in [-0.15, -0.1) is 0 Å². The summed E-state index contributed by atoms with van der Waals surface area (Å²) in [6.07, 6.45) is 6.47. The molecular formula is C16H23NO2. The first kappa shape index (κ1) is 12.8. The minimum absolute atomic E-state index is 0.416. The zero-order valence-electron chi connectivity index (χ0n) is 11.7. The number of nitrogens with one attached hydrogen (secondary N) is 1. The van der Waals surface area contributed by atoms with Crippen LogP contribution in [0.25, 0.3) is 0 Å². The summed E-state index contributed by atoms with van der Waals surface area (Å²) < 4.78 is 11.5. The zero-order chi connectivity index (χ0) is 13.1. The molecule has 1 saturated carbocycles. The van der Waals surface area contributed by atoms with Gasteiger partial charge in [-0.05, 0) is 62.7 Å². The molecule has 0 bridgehead atoms. The van der Waals surface area contributed by atoms with Gasteiger partial charge in [0.15, 0.2) is 11.5 Å². The lowest BCUT2D eigenvalue weighted by atomic mass is 9.92. The average molecular weight is 261 g/mol. The van der Waals surface area contributed by atoms with E-state index in [2.05, 4.69) is 17.4 Å². The normalized spacial score (nSPS) is 23.1. The minimum atomic E-state index is 0.416. The Morgan fingerprint density at radius 2 is 2.16 bits per heavy atom. The van der Waals surface area contributed by atoms with Gasteiger partial charge in [-0.1, -0.05) is 12.1 Å². The van der Waals surface area contributed by atoms with Crippen molar-refractivity contribution >= 4 is 0 Å². The predicted octanol–water partition coefficient (Wildman–Crippen LogP) is 2.78. The topological polar surface area (TPSA) is 30.5 Å². The van der Waals surface area contributed by atoms with Crippen LogP contribution in [-0.2, 0) is 6.42 Å². The van der Waals surface area contributed by atoms with Crippen LogP contribution >= 0.6 is 0 Å². The summed E-state index contributed by atoms with van der Waals surface area (Å²) in [4.78, 5) is 0. The van der Waals surface area contributed by atoms with Crippen molar-refractivity contribution in [2.24, 2.45) is 5.92 Å². The van der Waals surface area contributed by atoms with Crippen LogP contribution in [0.2, 0.25) is 0 Å². The number of methoxy groups -OCH3 is 1. The summed E-state index contributed by atoms with van der Waals surface area (Å²) in [5.74, 6) is 2.59. The molecule has 0 radical (unpaired) electrons. The Morgan fingerprint density at radius 3 is 2.84 bits per heavy atom. The molecule has 1 aliphatic carbocycles. The van der Waals surface area contributed by atoms with Crippen molar-refractivity contribution in [3.63, 3.8) is 0 Å². The average Bonchev–Trinajstić information content (AvgIpc) is 3.26. The van der Waals surface area contributed by atoms with Crippen LogP contribution < -0.4 is 14.8 Å². The highest BCUT2D eigenvalue weighted by Crippen LogP contribution is 2.37. The maximum atomic E-state index is 6.07. The molecule has 1 unspecified atom stereocenters. The number of ether oxygens (including phenoxy) is 2. The van der Waals surface area contributed by atoms with Gasteiger partial charge in [0.2, 0.25) is 0 Å². The maximum absolute atomic E-state index is 6.07. The van der Waals surface area contributed by atoms with Gasteiger partial charge >= 0.3 is 0 Å². The third-order valence-electron chi connectivity index (χ3n) is 4.00. The standard InChI is InChI=1S/C16H23NO2/c1-18-15-6-2-5-13(16(15)19-14-7-8-14)10-12-4-3-9-17-11-12/h2,5-6,12,14,17H,3-4,7-11H2,1H3. The number of rotatable bonds is 5. The van der Waals surface area contributed by atoms with Crippen molar-refractivity contribution in [2.75, 3.05) is 20.2 Å². The fraction of sp³-hybridized carbons (Fsp3) is 0.625. The molecule has 19 heavy (non-hydrogen) atoms. The van der Waals surface area contributed by atoms with Crippen LogP contribution in [0, 0.1) is 5.92 Å². The third kappa shape index (κ3) is 3.21. The van der Waals surface area contributed by atoms with Gasteiger partial charge in [-0.25, -0.2) is 0 Å². The predicted molar refractivity (Wildman–Crippen MR) is 75.9 cm³/mol. The Bertz CT molecular complexity index is 423. The molecule has 3 heteroatoms. The van der Waals surface area contributed by atoms with E-state index in [1.165, 1.54) is 37.8 Å².